The molecule has 3 heteroatoms. The summed E-state index contributed by atoms with van der Waals surface area (Å²) in [7, 11) is 4.02. The van der Waals surface area contributed by atoms with Crippen molar-refractivity contribution in [2.24, 2.45) is 0 Å². The maximum atomic E-state index is 12.0. The molecular formula is C20H26N2O. The van der Waals surface area contributed by atoms with Gasteiger partial charge in [0, 0.05) is 26.3 Å². The molecule has 0 radical (unpaired) electrons. The highest BCUT2D eigenvalue weighted by Gasteiger charge is 2.07. The molecule has 0 fully saturated rings. The van der Waals surface area contributed by atoms with Crippen LogP contribution in [0, 0.1) is 0 Å². The zero-order valence-electron chi connectivity index (χ0n) is 14.3. The fourth-order valence-corrected chi connectivity index (χ4v) is 2.54. The first-order valence-corrected chi connectivity index (χ1v) is 8.14. The van der Waals surface area contributed by atoms with Gasteiger partial charge in [-0.15, -0.1) is 0 Å². The van der Waals surface area contributed by atoms with Crippen LogP contribution in [0.4, 0.5) is 5.69 Å². The standard InChI is InChI=1S/C20H26N2O/c1-16(18-7-5-4-6-8-18)13-14-21-20(23)15-17-9-11-19(12-10-17)22(2)3/h4-12,16H,13-15H2,1-3H3,(H,21,23). The van der Waals surface area contributed by atoms with Gasteiger partial charge in [-0.05, 0) is 35.6 Å². The van der Waals surface area contributed by atoms with Crippen LogP contribution in [0.15, 0.2) is 54.6 Å². The molecule has 0 aliphatic carbocycles. The van der Waals surface area contributed by atoms with E-state index in [1.54, 1.807) is 0 Å². The summed E-state index contributed by atoms with van der Waals surface area (Å²) in [5, 5.41) is 3.02. The van der Waals surface area contributed by atoms with Gasteiger partial charge in [-0.3, -0.25) is 4.79 Å². The van der Waals surface area contributed by atoms with Gasteiger partial charge in [0.2, 0.25) is 5.91 Å². The monoisotopic (exact) mass is 310 g/mol. The van der Waals surface area contributed by atoms with Crippen molar-refractivity contribution < 1.29 is 4.79 Å². The second-order valence-electron chi connectivity index (χ2n) is 6.19. The van der Waals surface area contributed by atoms with Crippen molar-refractivity contribution in [2.45, 2.75) is 25.7 Å². The van der Waals surface area contributed by atoms with E-state index in [1.807, 2.05) is 44.4 Å². The smallest absolute Gasteiger partial charge is 0.224 e. The van der Waals surface area contributed by atoms with E-state index in [4.69, 9.17) is 0 Å². The molecule has 1 unspecified atom stereocenters. The van der Waals surface area contributed by atoms with Gasteiger partial charge in [-0.2, -0.15) is 0 Å². The molecule has 0 bridgehead atoms. The molecule has 2 aromatic rings. The molecule has 0 saturated heterocycles. The highest BCUT2D eigenvalue weighted by Crippen LogP contribution is 2.17. The van der Waals surface area contributed by atoms with E-state index in [-0.39, 0.29) is 5.91 Å². The molecule has 3 nitrogen and oxygen atoms in total. The van der Waals surface area contributed by atoms with Gasteiger partial charge in [-0.1, -0.05) is 49.4 Å². The Bertz CT molecular complexity index is 605. The van der Waals surface area contributed by atoms with Crippen molar-refractivity contribution in [3.05, 3.63) is 65.7 Å². The molecule has 0 aliphatic heterocycles. The molecule has 1 N–H and O–H groups in total. The van der Waals surface area contributed by atoms with Gasteiger partial charge in [0.15, 0.2) is 0 Å². The van der Waals surface area contributed by atoms with E-state index in [1.165, 1.54) is 5.56 Å². The van der Waals surface area contributed by atoms with E-state index < -0.39 is 0 Å². The van der Waals surface area contributed by atoms with Gasteiger partial charge in [0.05, 0.1) is 6.42 Å². The van der Waals surface area contributed by atoms with Crippen LogP contribution >= 0.6 is 0 Å². The molecular weight excluding hydrogens is 284 g/mol. The molecule has 2 rings (SSSR count). The predicted octanol–water partition coefficient (Wildman–Crippen LogP) is 3.61. The fraction of sp³-hybridized carbons (Fsp3) is 0.350. The number of anilines is 1. The lowest BCUT2D eigenvalue weighted by atomic mass is 9.98. The maximum Gasteiger partial charge on any atom is 0.224 e. The Balaban J connectivity index is 1.75. The summed E-state index contributed by atoms with van der Waals surface area (Å²) in [6, 6.07) is 18.5. The third-order valence-corrected chi connectivity index (χ3v) is 4.09. The summed E-state index contributed by atoms with van der Waals surface area (Å²) >= 11 is 0. The molecule has 0 heterocycles. The Morgan fingerprint density at radius 1 is 1.04 bits per heavy atom. The van der Waals surface area contributed by atoms with Crippen LogP contribution < -0.4 is 10.2 Å². The Morgan fingerprint density at radius 3 is 2.30 bits per heavy atom. The number of hydrogen-bond acceptors (Lipinski definition) is 2. The highest BCUT2D eigenvalue weighted by molar-refractivity contribution is 5.78. The number of hydrogen-bond donors (Lipinski definition) is 1. The van der Waals surface area contributed by atoms with E-state index in [9.17, 15) is 4.79 Å². The van der Waals surface area contributed by atoms with Crippen LogP contribution in [0.2, 0.25) is 0 Å². The summed E-state index contributed by atoms with van der Waals surface area (Å²) in [4.78, 5) is 14.1. The Hall–Kier alpha value is -2.29. The Kier molecular flexibility index (Phi) is 6.21. The fourth-order valence-electron chi connectivity index (χ4n) is 2.54. The highest BCUT2D eigenvalue weighted by atomic mass is 16.1. The molecule has 23 heavy (non-hydrogen) atoms. The topological polar surface area (TPSA) is 32.3 Å². The first-order valence-electron chi connectivity index (χ1n) is 8.14. The summed E-state index contributed by atoms with van der Waals surface area (Å²) < 4.78 is 0. The lowest BCUT2D eigenvalue weighted by Gasteiger charge is -2.13. The lowest BCUT2D eigenvalue weighted by molar-refractivity contribution is -0.120. The van der Waals surface area contributed by atoms with E-state index in [0.29, 0.717) is 18.9 Å². The van der Waals surface area contributed by atoms with Crippen molar-refractivity contribution in [3.8, 4) is 0 Å². The summed E-state index contributed by atoms with van der Waals surface area (Å²) in [5.74, 6) is 0.540. The van der Waals surface area contributed by atoms with E-state index >= 15 is 0 Å². The summed E-state index contributed by atoms with van der Waals surface area (Å²) in [6.45, 7) is 2.91. The first kappa shape index (κ1) is 17.1. The van der Waals surface area contributed by atoms with Crippen molar-refractivity contribution in [3.63, 3.8) is 0 Å². The summed E-state index contributed by atoms with van der Waals surface area (Å²) in [6.07, 6.45) is 1.39. The quantitative estimate of drug-likeness (QED) is 0.847. The number of carbonyl (C=O) groups excluding carboxylic acids is 1. The van der Waals surface area contributed by atoms with Gasteiger partial charge < -0.3 is 10.2 Å². The minimum atomic E-state index is 0.0860. The van der Waals surface area contributed by atoms with Crippen LogP contribution in [-0.2, 0) is 11.2 Å². The first-order chi connectivity index (χ1) is 11.1. The third-order valence-electron chi connectivity index (χ3n) is 4.09. The second kappa shape index (κ2) is 8.37. The molecule has 0 aliphatic rings. The molecule has 1 amide bonds. The molecule has 2 aromatic carbocycles. The second-order valence-corrected chi connectivity index (χ2v) is 6.19. The minimum Gasteiger partial charge on any atom is -0.378 e. The van der Waals surface area contributed by atoms with Crippen molar-refractivity contribution >= 4 is 11.6 Å². The van der Waals surface area contributed by atoms with Crippen molar-refractivity contribution in [2.75, 3.05) is 25.5 Å². The van der Waals surface area contributed by atoms with Crippen LogP contribution in [0.25, 0.3) is 0 Å². The number of amides is 1. The van der Waals surface area contributed by atoms with E-state index in [0.717, 1.165) is 17.7 Å². The van der Waals surface area contributed by atoms with Gasteiger partial charge in [0.1, 0.15) is 0 Å². The number of benzene rings is 2. The molecule has 1 atom stereocenters. The maximum absolute atomic E-state index is 12.0. The minimum absolute atomic E-state index is 0.0860. The van der Waals surface area contributed by atoms with Gasteiger partial charge in [0.25, 0.3) is 0 Å². The van der Waals surface area contributed by atoms with Crippen molar-refractivity contribution in [1.29, 1.82) is 0 Å². The molecule has 0 spiro atoms. The number of carbonyl (C=O) groups is 1. The third kappa shape index (κ3) is 5.44. The Labute approximate surface area is 139 Å². The lowest BCUT2D eigenvalue weighted by Crippen LogP contribution is -2.26. The average Bonchev–Trinajstić information content (AvgIpc) is 2.56. The van der Waals surface area contributed by atoms with Crippen LogP contribution in [-0.4, -0.2) is 26.5 Å². The number of rotatable bonds is 7. The zero-order chi connectivity index (χ0) is 16.7. The van der Waals surface area contributed by atoms with Crippen LogP contribution in [0.1, 0.15) is 30.4 Å². The normalized spacial score (nSPS) is 11.8. The van der Waals surface area contributed by atoms with Crippen molar-refractivity contribution in [1.82, 2.24) is 5.32 Å². The van der Waals surface area contributed by atoms with Crippen LogP contribution in [0.3, 0.4) is 0 Å². The Morgan fingerprint density at radius 2 is 1.70 bits per heavy atom. The SMILES string of the molecule is CC(CCNC(=O)Cc1ccc(N(C)C)cc1)c1ccccc1. The number of nitrogens with one attached hydrogen (secondary N) is 1. The van der Waals surface area contributed by atoms with Crippen LogP contribution in [0.5, 0.6) is 0 Å². The largest absolute Gasteiger partial charge is 0.378 e. The predicted molar refractivity (Wildman–Crippen MR) is 97.0 cm³/mol. The van der Waals surface area contributed by atoms with Gasteiger partial charge in [-0.25, -0.2) is 0 Å². The molecule has 122 valence electrons. The molecule has 0 aromatic heterocycles. The number of nitrogens with zero attached hydrogens (tertiary/aromatic N) is 1. The summed E-state index contributed by atoms with van der Waals surface area (Å²) in [5.41, 5.74) is 3.51. The average molecular weight is 310 g/mol. The van der Waals surface area contributed by atoms with E-state index in [2.05, 4.69) is 41.4 Å². The van der Waals surface area contributed by atoms with Gasteiger partial charge >= 0.3 is 0 Å². The zero-order valence-corrected chi connectivity index (χ0v) is 14.3. The molecule has 0 saturated carbocycles.